The van der Waals surface area contributed by atoms with E-state index >= 15 is 0 Å². The molecule has 0 unspecified atom stereocenters. The zero-order chi connectivity index (χ0) is 13.1. The SMILES string of the molecule is COC(=O)c1ccc(OCC(C)(C)O)cc1Br. The summed E-state index contributed by atoms with van der Waals surface area (Å²) in [4.78, 5) is 11.3. The van der Waals surface area contributed by atoms with Crippen LogP contribution >= 0.6 is 15.9 Å². The van der Waals surface area contributed by atoms with Crippen LogP contribution in [0.3, 0.4) is 0 Å². The van der Waals surface area contributed by atoms with Gasteiger partial charge in [-0.05, 0) is 48.0 Å². The van der Waals surface area contributed by atoms with Crippen molar-refractivity contribution in [3.05, 3.63) is 28.2 Å². The van der Waals surface area contributed by atoms with Crippen molar-refractivity contribution in [3.8, 4) is 5.75 Å². The van der Waals surface area contributed by atoms with Crippen molar-refractivity contribution in [2.45, 2.75) is 19.4 Å². The first-order valence-corrected chi connectivity index (χ1v) is 5.86. The number of carbonyl (C=O) groups excluding carboxylic acids is 1. The van der Waals surface area contributed by atoms with Crippen molar-refractivity contribution in [3.63, 3.8) is 0 Å². The van der Waals surface area contributed by atoms with Crippen LogP contribution in [0.2, 0.25) is 0 Å². The topological polar surface area (TPSA) is 55.8 Å². The Balaban J connectivity index is 2.79. The summed E-state index contributed by atoms with van der Waals surface area (Å²) in [6.45, 7) is 3.49. The molecular formula is C12H15BrO4. The number of methoxy groups -OCH3 is 1. The Labute approximate surface area is 109 Å². The van der Waals surface area contributed by atoms with E-state index < -0.39 is 11.6 Å². The minimum atomic E-state index is -0.895. The van der Waals surface area contributed by atoms with Gasteiger partial charge in [0.05, 0.1) is 18.3 Å². The first kappa shape index (κ1) is 14.0. The molecule has 1 aromatic rings. The van der Waals surface area contributed by atoms with Crippen molar-refractivity contribution in [2.24, 2.45) is 0 Å². The molecule has 0 aliphatic rings. The van der Waals surface area contributed by atoms with Gasteiger partial charge in [-0.2, -0.15) is 0 Å². The number of esters is 1. The maximum absolute atomic E-state index is 11.3. The molecule has 0 spiro atoms. The number of carbonyl (C=O) groups is 1. The number of ether oxygens (including phenoxy) is 2. The Morgan fingerprint density at radius 2 is 2.12 bits per heavy atom. The Hall–Kier alpha value is -1.07. The molecule has 0 fully saturated rings. The summed E-state index contributed by atoms with van der Waals surface area (Å²) in [6, 6.07) is 4.93. The molecule has 0 bridgehead atoms. The molecule has 0 aliphatic heterocycles. The second-order valence-corrected chi connectivity index (χ2v) is 5.09. The highest BCUT2D eigenvalue weighted by atomic mass is 79.9. The lowest BCUT2D eigenvalue weighted by Gasteiger charge is -2.18. The van der Waals surface area contributed by atoms with Crippen molar-refractivity contribution < 1.29 is 19.4 Å². The van der Waals surface area contributed by atoms with Gasteiger partial charge in [0.2, 0.25) is 0 Å². The van der Waals surface area contributed by atoms with Gasteiger partial charge >= 0.3 is 5.97 Å². The van der Waals surface area contributed by atoms with Crippen molar-refractivity contribution in [1.82, 2.24) is 0 Å². The number of hydrogen-bond donors (Lipinski definition) is 1. The second kappa shape index (κ2) is 5.51. The van der Waals surface area contributed by atoms with Crippen LogP contribution in [0.5, 0.6) is 5.75 Å². The third-order valence-electron chi connectivity index (χ3n) is 1.94. The molecule has 0 saturated heterocycles. The fraction of sp³-hybridized carbons (Fsp3) is 0.417. The second-order valence-electron chi connectivity index (χ2n) is 4.23. The van der Waals surface area contributed by atoms with E-state index in [1.807, 2.05) is 0 Å². The minimum absolute atomic E-state index is 0.178. The Bertz CT molecular complexity index is 409. The van der Waals surface area contributed by atoms with Gasteiger partial charge in [-0.15, -0.1) is 0 Å². The molecule has 5 heteroatoms. The van der Waals surface area contributed by atoms with E-state index in [0.29, 0.717) is 15.8 Å². The van der Waals surface area contributed by atoms with Crippen LogP contribution in [-0.2, 0) is 4.74 Å². The van der Waals surface area contributed by atoms with E-state index in [1.54, 1.807) is 32.0 Å². The first-order chi connectivity index (χ1) is 7.83. The average molecular weight is 303 g/mol. The molecule has 0 radical (unpaired) electrons. The lowest BCUT2D eigenvalue weighted by atomic mass is 10.1. The van der Waals surface area contributed by atoms with Gasteiger partial charge in [-0.25, -0.2) is 4.79 Å². The molecule has 17 heavy (non-hydrogen) atoms. The van der Waals surface area contributed by atoms with Gasteiger partial charge in [-0.3, -0.25) is 0 Å². The van der Waals surface area contributed by atoms with Crippen LogP contribution in [0.4, 0.5) is 0 Å². The lowest BCUT2D eigenvalue weighted by molar-refractivity contribution is 0.0284. The maximum atomic E-state index is 11.3. The highest BCUT2D eigenvalue weighted by Crippen LogP contribution is 2.24. The summed E-state index contributed by atoms with van der Waals surface area (Å²) >= 11 is 3.27. The molecule has 0 aliphatic carbocycles. The normalized spacial score (nSPS) is 11.1. The van der Waals surface area contributed by atoms with Crippen LogP contribution in [-0.4, -0.2) is 30.4 Å². The molecule has 0 amide bonds. The highest BCUT2D eigenvalue weighted by Gasteiger charge is 2.15. The summed E-state index contributed by atoms with van der Waals surface area (Å²) in [5, 5.41) is 9.52. The predicted molar refractivity (Wildman–Crippen MR) is 67.3 cm³/mol. The molecular weight excluding hydrogens is 288 g/mol. The fourth-order valence-corrected chi connectivity index (χ4v) is 1.64. The van der Waals surface area contributed by atoms with E-state index in [4.69, 9.17) is 4.74 Å². The monoisotopic (exact) mass is 302 g/mol. The zero-order valence-corrected chi connectivity index (χ0v) is 11.6. The molecule has 4 nitrogen and oxygen atoms in total. The van der Waals surface area contributed by atoms with Gasteiger partial charge < -0.3 is 14.6 Å². The largest absolute Gasteiger partial charge is 0.491 e. The molecule has 1 N–H and O–H groups in total. The average Bonchev–Trinajstić information content (AvgIpc) is 2.24. The Morgan fingerprint density at radius 1 is 1.47 bits per heavy atom. The molecule has 0 saturated carbocycles. The van der Waals surface area contributed by atoms with Crippen molar-refractivity contribution >= 4 is 21.9 Å². The number of benzene rings is 1. The molecule has 0 aromatic heterocycles. The molecule has 1 aromatic carbocycles. The molecule has 0 atom stereocenters. The minimum Gasteiger partial charge on any atom is -0.491 e. The van der Waals surface area contributed by atoms with E-state index in [1.165, 1.54) is 7.11 Å². The third-order valence-corrected chi connectivity index (χ3v) is 2.59. The third kappa shape index (κ3) is 4.36. The van der Waals surface area contributed by atoms with Crippen molar-refractivity contribution in [2.75, 3.05) is 13.7 Å². The van der Waals surface area contributed by atoms with E-state index in [0.717, 1.165) is 0 Å². The van der Waals surface area contributed by atoms with Crippen LogP contribution < -0.4 is 4.74 Å². The van der Waals surface area contributed by atoms with Gasteiger partial charge in [0.1, 0.15) is 12.4 Å². The van der Waals surface area contributed by atoms with Gasteiger partial charge in [0.15, 0.2) is 0 Å². The quantitative estimate of drug-likeness (QED) is 0.868. The number of aliphatic hydroxyl groups is 1. The maximum Gasteiger partial charge on any atom is 0.339 e. The van der Waals surface area contributed by atoms with Gasteiger partial charge in [0, 0.05) is 4.47 Å². The summed E-state index contributed by atoms with van der Waals surface area (Å²) < 4.78 is 10.6. The molecule has 94 valence electrons. The number of halogens is 1. The van der Waals surface area contributed by atoms with Crippen LogP contribution in [0.1, 0.15) is 24.2 Å². The fourth-order valence-electron chi connectivity index (χ4n) is 1.12. The summed E-state index contributed by atoms with van der Waals surface area (Å²) in [6.07, 6.45) is 0. The summed E-state index contributed by atoms with van der Waals surface area (Å²) in [7, 11) is 1.33. The summed E-state index contributed by atoms with van der Waals surface area (Å²) in [5.74, 6) is 0.164. The number of hydrogen-bond acceptors (Lipinski definition) is 4. The predicted octanol–water partition coefficient (Wildman–Crippen LogP) is 2.39. The molecule has 1 rings (SSSR count). The van der Waals surface area contributed by atoms with Crippen LogP contribution in [0.25, 0.3) is 0 Å². The Morgan fingerprint density at radius 3 is 2.59 bits per heavy atom. The van der Waals surface area contributed by atoms with E-state index in [-0.39, 0.29) is 6.61 Å². The summed E-state index contributed by atoms with van der Waals surface area (Å²) in [5.41, 5.74) is -0.462. The van der Waals surface area contributed by atoms with Crippen LogP contribution in [0, 0.1) is 0 Å². The highest BCUT2D eigenvalue weighted by molar-refractivity contribution is 9.10. The number of rotatable bonds is 4. The zero-order valence-electron chi connectivity index (χ0n) is 9.99. The lowest BCUT2D eigenvalue weighted by Crippen LogP contribution is -2.27. The standard InChI is InChI=1S/C12H15BrO4/c1-12(2,15)7-17-8-4-5-9(10(13)6-8)11(14)16-3/h4-6,15H,7H2,1-3H3. The Kier molecular flexibility index (Phi) is 4.54. The van der Waals surface area contributed by atoms with Crippen LogP contribution in [0.15, 0.2) is 22.7 Å². The first-order valence-electron chi connectivity index (χ1n) is 5.06. The van der Waals surface area contributed by atoms with E-state index in [2.05, 4.69) is 20.7 Å². The van der Waals surface area contributed by atoms with Gasteiger partial charge in [0.25, 0.3) is 0 Å². The molecule has 0 heterocycles. The smallest absolute Gasteiger partial charge is 0.339 e. The van der Waals surface area contributed by atoms with E-state index in [9.17, 15) is 9.90 Å². The van der Waals surface area contributed by atoms with Crippen molar-refractivity contribution in [1.29, 1.82) is 0 Å². The van der Waals surface area contributed by atoms with Gasteiger partial charge in [-0.1, -0.05) is 0 Å².